The van der Waals surface area contributed by atoms with Crippen molar-refractivity contribution in [3.63, 3.8) is 0 Å². The smallest absolute Gasteiger partial charge is 0.317 e. The minimum absolute atomic E-state index is 0.518. The molecule has 0 amide bonds. The molecule has 0 aliphatic carbocycles. The summed E-state index contributed by atoms with van der Waals surface area (Å²) in [6.07, 6.45) is -1.48. The molecular formula is C11H23F3N2. The van der Waals surface area contributed by atoms with Gasteiger partial charge in [-0.3, -0.25) is 4.90 Å². The third-order valence-corrected chi connectivity index (χ3v) is 2.20. The molecule has 16 heavy (non-hydrogen) atoms. The fourth-order valence-electron chi connectivity index (χ4n) is 1.57. The van der Waals surface area contributed by atoms with E-state index < -0.39 is 12.7 Å². The minimum atomic E-state index is -4.08. The summed E-state index contributed by atoms with van der Waals surface area (Å²) in [6.45, 7) is 5.96. The first-order chi connectivity index (χ1) is 7.49. The quantitative estimate of drug-likeness (QED) is 0.623. The van der Waals surface area contributed by atoms with E-state index in [4.69, 9.17) is 0 Å². The Balaban J connectivity index is 3.68. The first kappa shape index (κ1) is 15.7. The van der Waals surface area contributed by atoms with Crippen molar-refractivity contribution in [1.82, 2.24) is 10.2 Å². The highest BCUT2D eigenvalue weighted by Crippen LogP contribution is 2.16. The van der Waals surface area contributed by atoms with Crippen molar-refractivity contribution in [3.05, 3.63) is 0 Å². The number of nitrogens with one attached hydrogen (secondary N) is 1. The zero-order chi connectivity index (χ0) is 12.4. The van der Waals surface area contributed by atoms with Crippen LogP contribution < -0.4 is 5.32 Å². The molecule has 1 N–H and O–H groups in total. The van der Waals surface area contributed by atoms with Gasteiger partial charge in [-0.2, -0.15) is 13.2 Å². The summed E-state index contributed by atoms with van der Waals surface area (Å²) in [5, 5.41) is 3.19. The number of alkyl halides is 3. The highest BCUT2D eigenvalue weighted by Gasteiger charge is 2.29. The fraction of sp³-hybridized carbons (Fsp3) is 1.00. The zero-order valence-corrected chi connectivity index (χ0v) is 10.2. The predicted molar refractivity (Wildman–Crippen MR) is 60.6 cm³/mol. The molecule has 0 fully saturated rings. The largest absolute Gasteiger partial charge is 0.401 e. The van der Waals surface area contributed by atoms with Gasteiger partial charge < -0.3 is 5.32 Å². The Labute approximate surface area is 96.2 Å². The molecule has 0 aromatic rings. The summed E-state index contributed by atoms with van der Waals surface area (Å²) in [6, 6.07) is 0. The molecule has 0 aromatic heterocycles. The number of hydrogen-bond donors (Lipinski definition) is 1. The van der Waals surface area contributed by atoms with Crippen LogP contribution >= 0.6 is 0 Å². The average Bonchev–Trinajstić information content (AvgIpc) is 2.15. The number of halogens is 3. The van der Waals surface area contributed by atoms with Gasteiger partial charge in [-0.05, 0) is 45.4 Å². The molecule has 0 spiro atoms. The van der Waals surface area contributed by atoms with E-state index in [1.807, 2.05) is 6.92 Å². The van der Waals surface area contributed by atoms with Crippen molar-refractivity contribution < 1.29 is 13.2 Å². The van der Waals surface area contributed by atoms with E-state index in [0.29, 0.717) is 13.1 Å². The molecule has 0 aromatic carbocycles. The van der Waals surface area contributed by atoms with Gasteiger partial charge in [0.2, 0.25) is 0 Å². The van der Waals surface area contributed by atoms with Gasteiger partial charge in [0.25, 0.3) is 0 Å². The lowest BCUT2D eigenvalue weighted by Gasteiger charge is -2.22. The van der Waals surface area contributed by atoms with E-state index in [9.17, 15) is 13.2 Å². The number of nitrogens with zero attached hydrogens (tertiary/aromatic N) is 1. The summed E-state index contributed by atoms with van der Waals surface area (Å²) >= 11 is 0. The molecule has 0 unspecified atom stereocenters. The van der Waals surface area contributed by atoms with E-state index >= 15 is 0 Å². The molecule has 0 aliphatic rings. The first-order valence-electron chi connectivity index (χ1n) is 5.99. The molecule has 0 rings (SSSR count). The van der Waals surface area contributed by atoms with E-state index in [-0.39, 0.29) is 0 Å². The highest BCUT2D eigenvalue weighted by molar-refractivity contribution is 4.63. The van der Waals surface area contributed by atoms with Crippen molar-refractivity contribution in [3.8, 4) is 0 Å². The van der Waals surface area contributed by atoms with Crippen LogP contribution in [0.1, 0.15) is 33.1 Å². The van der Waals surface area contributed by atoms with Gasteiger partial charge in [-0.15, -0.1) is 0 Å². The lowest BCUT2D eigenvalue weighted by atomic mass is 10.3. The molecule has 0 saturated heterocycles. The van der Waals surface area contributed by atoms with E-state index in [0.717, 1.165) is 32.4 Å². The Morgan fingerprint density at radius 3 is 2.19 bits per heavy atom. The van der Waals surface area contributed by atoms with Crippen LogP contribution in [0.5, 0.6) is 0 Å². The van der Waals surface area contributed by atoms with Crippen LogP contribution in [0.15, 0.2) is 0 Å². The molecule has 5 heteroatoms. The summed E-state index contributed by atoms with van der Waals surface area (Å²) in [7, 11) is 0. The molecule has 0 atom stereocenters. The third-order valence-electron chi connectivity index (χ3n) is 2.20. The van der Waals surface area contributed by atoms with E-state index in [1.54, 1.807) is 0 Å². The van der Waals surface area contributed by atoms with Crippen LogP contribution in [0, 0.1) is 0 Å². The lowest BCUT2D eigenvalue weighted by Crippen LogP contribution is -2.36. The topological polar surface area (TPSA) is 15.3 Å². The van der Waals surface area contributed by atoms with Gasteiger partial charge in [0.05, 0.1) is 6.54 Å². The van der Waals surface area contributed by atoms with Crippen LogP contribution in [0.4, 0.5) is 13.2 Å². The zero-order valence-electron chi connectivity index (χ0n) is 10.2. The Kier molecular flexibility index (Phi) is 8.66. The number of rotatable bonds is 9. The molecule has 2 nitrogen and oxygen atoms in total. The Morgan fingerprint density at radius 2 is 1.69 bits per heavy atom. The Hall–Kier alpha value is -0.290. The van der Waals surface area contributed by atoms with Crippen LogP contribution in [0.25, 0.3) is 0 Å². The molecule has 0 saturated carbocycles. The first-order valence-corrected chi connectivity index (χ1v) is 5.99. The van der Waals surface area contributed by atoms with Crippen molar-refractivity contribution in [2.75, 3.05) is 32.7 Å². The van der Waals surface area contributed by atoms with Gasteiger partial charge in [0.1, 0.15) is 0 Å². The highest BCUT2D eigenvalue weighted by atomic mass is 19.4. The SMILES string of the molecule is CCCNCCCN(CCC)CC(F)(F)F. The van der Waals surface area contributed by atoms with Crippen molar-refractivity contribution >= 4 is 0 Å². The van der Waals surface area contributed by atoms with Gasteiger partial charge in [-0.1, -0.05) is 13.8 Å². The second kappa shape index (κ2) is 8.82. The third kappa shape index (κ3) is 10.2. The van der Waals surface area contributed by atoms with Gasteiger partial charge in [-0.25, -0.2) is 0 Å². The minimum Gasteiger partial charge on any atom is -0.317 e. The van der Waals surface area contributed by atoms with E-state index in [1.165, 1.54) is 4.90 Å². The molecular weight excluding hydrogens is 217 g/mol. The van der Waals surface area contributed by atoms with Gasteiger partial charge >= 0.3 is 6.18 Å². The van der Waals surface area contributed by atoms with Crippen LogP contribution in [0.3, 0.4) is 0 Å². The summed E-state index contributed by atoms with van der Waals surface area (Å²) in [5.41, 5.74) is 0. The second-order valence-electron chi connectivity index (χ2n) is 3.99. The van der Waals surface area contributed by atoms with Crippen LogP contribution in [0.2, 0.25) is 0 Å². The van der Waals surface area contributed by atoms with Crippen molar-refractivity contribution in [2.24, 2.45) is 0 Å². The fourth-order valence-corrected chi connectivity index (χ4v) is 1.57. The molecule has 0 aliphatic heterocycles. The molecule has 0 radical (unpaired) electrons. The maximum atomic E-state index is 12.2. The van der Waals surface area contributed by atoms with Crippen LogP contribution in [-0.2, 0) is 0 Å². The normalized spacial score (nSPS) is 12.4. The molecule has 0 heterocycles. The maximum Gasteiger partial charge on any atom is 0.401 e. The van der Waals surface area contributed by atoms with Gasteiger partial charge in [0, 0.05) is 0 Å². The monoisotopic (exact) mass is 240 g/mol. The van der Waals surface area contributed by atoms with Gasteiger partial charge in [0.15, 0.2) is 0 Å². The Bertz CT molecular complexity index is 160. The van der Waals surface area contributed by atoms with E-state index in [2.05, 4.69) is 12.2 Å². The number of hydrogen-bond acceptors (Lipinski definition) is 2. The summed E-state index contributed by atoms with van der Waals surface area (Å²) in [5.74, 6) is 0. The lowest BCUT2D eigenvalue weighted by molar-refractivity contribution is -0.146. The summed E-state index contributed by atoms with van der Waals surface area (Å²) in [4.78, 5) is 1.48. The average molecular weight is 240 g/mol. The molecule has 0 bridgehead atoms. The van der Waals surface area contributed by atoms with Crippen molar-refractivity contribution in [2.45, 2.75) is 39.3 Å². The standard InChI is InChI=1S/C11H23F3N2/c1-3-6-15-7-5-9-16(8-4-2)10-11(12,13)14/h15H,3-10H2,1-2H3. The second-order valence-corrected chi connectivity index (χ2v) is 3.99. The maximum absolute atomic E-state index is 12.2. The predicted octanol–water partition coefficient (Wildman–Crippen LogP) is 2.65. The summed E-state index contributed by atoms with van der Waals surface area (Å²) < 4.78 is 36.6. The van der Waals surface area contributed by atoms with Crippen molar-refractivity contribution in [1.29, 1.82) is 0 Å². The Morgan fingerprint density at radius 1 is 1.00 bits per heavy atom. The molecule has 98 valence electrons. The van der Waals surface area contributed by atoms with Crippen LogP contribution in [-0.4, -0.2) is 43.8 Å².